The lowest BCUT2D eigenvalue weighted by molar-refractivity contribution is -0.149. The van der Waals surface area contributed by atoms with Gasteiger partial charge in [0.15, 0.2) is 0 Å². The van der Waals surface area contributed by atoms with Crippen molar-refractivity contribution in [2.75, 3.05) is 13.3 Å². The van der Waals surface area contributed by atoms with Gasteiger partial charge in [-0.1, -0.05) is 119 Å². The lowest BCUT2D eigenvalue weighted by Crippen LogP contribution is -2.60. The molecule has 0 spiro atoms. The lowest BCUT2D eigenvalue weighted by atomic mass is 9.97. The number of imide groups is 1. The first-order valence-electron chi connectivity index (χ1n) is 22.1. The number of aliphatic hydroxyl groups is 1. The molecule has 5 atom stereocenters. The number of rotatable bonds is 24. The van der Waals surface area contributed by atoms with Crippen molar-refractivity contribution in [3.8, 4) is 0 Å². The topological polar surface area (TPSA) is 213 Å². The molecule has 4 rings (SSSR count). The Balaban J connectivity index is 1.61. The third-order valence-electron chi connectivity index (χ3n) is 10.1. The fraction of sp³-hybridized carbons (Fsp3) is 0.469. The minimum Gasteiger partial charge on any atom is -0.444 e. The Labute approximate surface area is 382 Å². The van der Waals surface area contributed by atoms with E-state index in [0.717, 1.165) is 16.7 Å². The number of imidazole rings is 1. The molecule has 0 saturated carbocycles. The van der Waals surface area contributed by atoms with Gasteiger partial charge in [-0.15, -0.1) is 0 Å². The van der Waals surface area contributed by atoms with Crippen LogP contribution in [-0.4, -0.2) is 99.0 Å². The molecular weight excluding hydrogens is 831 g/mol. The molecule has 0 bridgehead atoms. The number of nitrogens with one attached hydrogen (secondary N) is 5. The number of nitrogens with zero attached hydrogens (tertiary/aromatic N) is 2. The highest BCUT2D eigenvalue weighted by Gasteiger charge is 2.38. The van der Waals surface area contributed by atoms with E-state index in [1.165, 1.54) is 11.2 Å². The third kappa shape index (κ3) is 18.9. The molecule has 0 fully saturated rings. The summed E-state index contributed by atoms with van der Waals surface area (Å²) in [6.07, 6.45) is 0.783. The average Bonchev–Trinajstić information content (AvgIpc) is 3.78. The van der Waals surface area contributed by atoms with Crippen LogP contribution in [0.5, 0.6) is 0 Å². The quantitative estimate of drug-likeness (QED) is 0.0462. The van der Waals surface area contributed by atoms with E-state index in [9.17, 15) is 24.3 Å². The molecule has 6 N–H and O–H groups in total. The second-order valence-electron chi connectivity index (χ2n) is 17.9. The van der Waals surface area contributed by atoms with E-state index in [2.05, 4.69) is 31.2 Å². The van der Waals surface area contributed by atoms with E-state index >= 15 is 4.79 Å². The molecule has 0 aliphatic rings. The highest BCUT2D eigenvalue weighted by atomic mass is 16.6. The van der Waals surface area contributed by atoms with Crippen molar-refractivity contribution < 1.29 is 43.3 Å². The number of alkyl carbamates (subject to hydrolysis) is 2. The smallest absolute Gasteiger partial charge is 0.414 e. The van der Waals surface area contributed by atoms with Crippen LogP contribution in [0.2, 0.25) is 0 Å². The molecule has 65 heavy (non-hydrogen) atoms. The summed E-state index contributed by atoms with van der Waals surface area (Å²) in [5.74, 6) is -1.80. The number of ether oxygens (including phenoxy) is 3. The van der Waals surface area contributed by atoms with Gasteiger partial charge in [-0.3, -0.25) is 19.7 Å². The molecular formula is C49H67N7O9. The minimum atomic E-state index is -1.24. The largest absolute Gasteiger partial charge is 0.444 e. The molecule has 5 amide bonds. The molecule has 1 aromatic heterocycles. The van der Waals surface area contributed by atoms with Gasteiger partial charge in [-0.25, -0.2) is 14.6 Å². The summed E-state index contributed by atoms with van der Waals surface area (Å²) < 4.78 is 17.0. The summed E-state index contributed by atoms with van der Waals surface area (Å²) in [5, 5.41) is 23.0. The van der Waals surface area contributed by atoms with Crippen molar-refractivity contribution in [3.63, 3.8) is 0 Å². The van der Waals surface area contributed by atoms with Gasteiger partial charge in [0.2, 0.25) is 17.7 Å². The maximum absolute atomic E-state index is 15.0. The fourth-order valence-electron chi connectivity index (χ4n) is 7.00. The molecule has 352 valence electrons. The van der Waals surface area contributed by atoms with Gasteiger partial charge in [-0.2, -0.15) is 0 Å². The van der Waals surface area contributed by atoms with Crippen LogP contribution in [0, 0.1) is 11.8 Å². The number of benzene rings is 3. The fourth-order valence-corrected chi connectivity index (χ4v) is 7.00. The number of hydrogen-bond acceptors (Lipinski definition) is 11. The number of aromatic amines is 1. The molecule has 1 heterocycles. The molecule has 3 aromatic carbocycles. The third-order valence-corrected chi connectivity index (χ3v) is 10.1. The molecule has 16 heteroatoms. The van der Waals surface area contributed by atoms with Crippen molar-refractivity contribution in [1.82, 2.24) is 36.1 Å². The highest BCUT2D eigenvalue weighted by Crippen LogP contribution is 2.18. The number of H-pyrrole nitrogens is 1. The van der Waals surface area contributed by atoms with Crippen LogP contribution in [-0.2, 0) is 54.6 Å². The average molecular weight is 898 g/mol. The zero-order valence-corrected chi connectivity index (χ0v) is 38.6. The number of carbonyl (C=O) groups excluding carboxylic acids is 5. The van der Waals surface area contributed by atoms with Crippen LogP contribution in [0.25, 0.3) is 0 Å². The van der Waals surface area contributed by atoms with Gasteiger partial charge < -0.3 is 45.2 Å². The Hall–Kier alpha value is -6.10. The summed E-state index contributed by atoms with van der Waals surface area (Å²) in [5.41, 5.74) is 2.03. The Bertz CT molecular complexity index is 2050. The molecule has 0 radical (unpaired) electrons. The zero-order chi connectivity index (χ0) is 47.4. The van der Waals surface area contributed by atoms with Crippen molar-refractivity contribution in [3.05, 3.63) is 126 Å². The van der Waals surface area contributed by atoms with Crippen LogP contribution >= 0.6 is 0 Å². The molecule has 4 aromatic rings. The summed E-state index contributed by atoms with van der Waals surface area (Å²) in [6, 6.07) is 23.4. The first kappa shape index (κ1) is 51.5. The van der Waals surface area contributed by atoms with Crippen molar-refractivity contribution in [2.24, 2.45) is 11.8 Å². The van der Waals surface area contributed by atoms with E-state index in [0.29, 0.717) is 18.5 Å². The van der Waals surface area contributed by atoms with Crippen LogP contribution in [0.3, 0.4) is 0 Å². The van der Waals surface area contributed by atoms with Crippen LogP contribution in [0.1, 0.15) is 83.7 Å². The van der Waals surface area contributed by atoms with Crippen molar-refractivity contribution in [1.29, 1.82) is 0 Å². The maximum atomic E-state index is 15.0. The van der Waals surface area contributed by atoms with Crippen LogP contribution < -0.4 is 21.3 Å². The van der Waals surface area contributed by atoms with E-state index in [4.69, 9.17) is 14.2 Å². The zero-order valence-electron chi connectivity index (χ0n) is 38.6. The Morgan fingerprint density at radius 2 is 1.31 bits per heavy atom. The van der Waals surface area contributed by atoms with Crippen LogP contribution in [0.4, 0.5) is 9.59 Å². The standard InChI is InChI=1S/C49H67N7O9/c1-33(2)23-39(43(57)28-51-40(24-34(3)4)44(58)55-47(61)64-30-37-21-15-10-16-22-37)53-45(59)42(26-38-27-50-31-52-38)56(32-63-29-36-19-13-9-14-20-36)46(60)41(25-35-17-11-8-12-18-35)54-48(62)65-49(5,6)7/h8-22,27,31,33-34,39-43,51,57H,23-26,28-30,32H2,1-7H3,(H,50,52)(H,53,59)(H,54,62)(H,55,58,61)/t39?,40-,41-,42-,43?/m0/s1. The normalized spacial score (nSPS) is 13.8. The Morgan fingerprint density at radius 3 is 1.86 bits per heavy atom. The van der Waals surface area contributed by atoms with E-state index in [1.54, 1.807) is 39.1 Å². The number of hydrogen-bond donors (Lipinski definition) is 6. The summed E-state index contributed by atoms with van der Waals surface area (Å²) in [4.78, 5) is 77.7. The molecule has 16 nitrogen and oxygen atoms in total. The lowest BCUT2D eigenvalue weighted by Gasteiger charge is -2.35. The van der Waals surface area contributed by atoms with E-state index in [1.807, 2.05) is 107 Å². The van der Waals surface area contributed by atoms with Crippen molar-refractivity contribution >= 4 is 29.9 Å². The predicted octanol–water partition coefficient (Wildman–Crippen LogP) is 5.81. The number of aliphatic hydroxyl groups excluding tert-OH is 1. The Morgan fingerprint density at radius 1 is 0.723 bits per heavy atom. The highest BCUT2D eigenvalue weighted by molar-refractivity contribution is 5.95. The van der Waals surface area contributed by atoms with Gasteiger partial charge in [0.1, 0.15) is 31.0 Å². The Kier molecular flexibility index (Phi) is 20.6. The van der Waals surface area contributed by atoms with Gasteiger partial charge in [0.25, 0.3) is 0 Å². The summed E-state index contributed by atoms with van der Waals surface area (Å²) in [7, 11) is 0. The molecule has 0 aliphatic heterocycles. The molecule has 0 saturated heterocycles. The summed E-state index contributed by atoms with van der Waals surface area (Å²) in [6.45, 7) is 12.5. The van der Waals surface area contributed by atoms with Gasteiger partial charge in [-0.05, 0) is 62.1 Å². The van der Waals surface area contributed by atoms with Crippen molar-refractivity contribution in [2.45, 2.75) is 123 Å². The SMILES string of the molecule is CC(C)CC(NC(=O)[C@H](Cc1cnc[nH]1)N(COCc1ccccc1)C(=O)[C@H](Cc1ccccc1)NC(=O)OC(C)(C)C)C(O)CN[C@@H](CC(C)C)C(=O)NC(=O)OCc1ccccc1. The number of carbonyl (C=O) groups is 5. The molecule has 0 aliphatic carbocycles. The molecule has 2 unspecified atom stereocenters. The second-order valence-corrected chi connectivity index (χ2v) is 17.9. The van der Waals surface area contributed by atoms with E-state index in [-0.39, 0.29) is 51.2 Å². The predicted molar refractivity (Wildman–Crippen MR) is 246 cm³/mol. The van der Waals surface area contributed by atoms with Gasteiger partial charge in [0.05, 0.1) is 31.1 Å². The van der Waals surface area contributed by atoms with Gasteiger partial charge >= 0.3 is 12.2 Å². The monoisotopic (exact) mass is 898 g/mol. The first-order valence-corrected chi connectivity index (χ1v) is 22.1. The van der Waals surface area contributed by atoms with E-state index < -0.39 is 65.8 Å². The maximum Gasteiger partial charge on any atom is 0.414 e. The minimum absolute atomic E-state index is 0.00428. The second kappa shape index (κ2) is 26.0. The van der Waals surface area contributed by atoms with Gasteiger partial charge in [0, 0.05) is 31.3 Å². The number of aromatic nitrogens is 2. The first-order chi connectivity index (χ1) is 31.0. The number of amides is 5. The summed E-state index contributed by atoms with van der Waals surface area (Å²) >= 11 is 0. The van der Waals surface area contributed by atoms with Crippen LogP contribution in [0.15, 0.2) is 104 Å².